The summed E-state index contributed by atoms with van der Waals surface area (Å²) in [6.45, 7) is 0.0293. The van der Waals surface area contributed by atoms with E-state index in [0.29, 0.717) is 0 Å². The van der Waals surface area contributed by atoms with Crippen molar-refractivity contribution in [2.45, 2.75) is 6.18 Å². The van der Waals surface area contributed by atoms with E-state index < -0.39 is 18.7 Å². The van der Waals surface area contributed by atoms with Crippen LogP contribution in [0.3, 0.4) is 0 Å². The van der Waals surface area contributed by atoms with Gasteiger partial charge in [-0.25, -0.2) is 4.79 Å². The smallest absolute Gasteiger partial charge is 0.401 e. The van der Waals surface area contributed by atoms with E-state index >= 15 is 0 Å². The third-order valence-corrected chi connectivity index (χ3v) is 3.01. The van der Waals surface area contributed by atoms with Crippen LogP contribution in [0.25, 0.3) is 0 Å². The number of hydrogen-bond acceptors (Lipinski definition) is 5. The number of halogens is 3. The molecule has 9 heteroatoms. The highest BCUT2D eigenvalue weighted by Gasteiger charge is 2.32. The maximum atomic E-state index is 12.3. The summed E-state index contributed by atoms with van der Waals surface area (Å²) in [7, 11) is 0. The molecule has 1 saturated heterocycles. The molecule has 0 saturated carbocycles. The van der Waals surface area contributed by atoms with Crippen LogP contribution in [-0.2, 0) is 0 Å². The molecule has 0 spiro atoms. The van der Waals surface area contributed by atoms with Crippen LogP contribution in [0.4, 0.5) is 19.0 Å². The summed E-state index contributed by atoms with van der Waals surface area (Å²) in [5, 5.41) is 16.5. The zero-order valence-electron chi connectivity index (χ0n) is 10.5. The normalized spacial score (nSPS) is 17.2. The largest absolute Gasteiger partial charge is 0.478 e. The van der Waals surface area contributed by atoms with Gasteiger partial charge in [0.15, 0.2) is 5.82 Å². The molecule has 20 heavy (non-hydrogen) atoms. The lowest BCUT2D eigenvalue weighted by molar-refractivity contribution is -0.146. The fraction of sp³-hybridized carbons (Fsp3) is 0.545. The fourth-order valence-corrected chi connectivity index (χ4v) is 2.10. The van der Waals surface area contributed by atoms with Crippen LogP contribution in [0.15, 0.2) is 12.3 Å². The second-order valence-electron chi connectivity index (χ2n) is 4.45. The number of rotatable bonds is 3. The third kappa shape index (κ3) is 3.56. The highest BCUT2D eigenvalue weighted by Crippen LogP contribution is 2.21. The van der Waals surface area contributed by atoms with Gasteiger partial charge < -0.3 is 10.0 Å². The molecular weight excluding hydrogens is 277 g/mol. The Hall–Kier alpha value is -1.90. The van der Waals surface area contributed by atoms with Crippen molar-refractivity contribution in [1.82, 2.24) is 15.1 Å². The van der Waals surface area contributed by atoms with Crippen molar-refractivity contribution in [1.29, 1.82) is 0 Å². The number of carboxylic acids is 1. The lowest BCUT2D eigenvalue weighted by Crippen LogP contribution is -2.49. The van der Waals surface area contributed by atoms with E-state index in [-0.39, 0.29) is 37.6 Å². The lowest BCUT2D eigenvalue weighted by atomic mass is 10.2. The van der Waals surface area contributed by atoms with Gasteiger partial charge in [0.2, 0.25) is 0 Å². The third-order valence-electron chi connectivity index (χ3n) is 3.01. The number of hydrogen-bond donors (Lipinski definition) is 1. The Kier molecular flexibility index (Phi) is 4.07. The van der Waals surface area contributed by atoms with Crippen LogP contribution in [0.2, 0.25) is 0 Å². The highest BCUT2D eigenvalue weighted by molar-refractivity contribution is 5.93. The second kappa shape index (κ2) is 5.61. The van der Waals surface area contributed by atoms with Crippen LogP contribution in [0.1, 0.15) is 10.4 Å². The Labute approximate surface area is 112 Å². The first kappa shape index (κ1) is 14.5. The zero-order chi connectivity index (χ0) is 14.8. The monoisotopic (exact) mass is 290 g/mol. The van der Waals surface area contributed by atoms with Gasteiger partial charge >= 0.3 is 12.1 Å². The predicted molar refractivity (Wildman–Crippen MR) is 63.7 cm³/mol. The molecule has 1 aromatic heterocycles. The van der Waals surface area contributed by atoms with Crippen molar-refractivity contribution in [3.05, 3.63) is 17.8 Å². The number of anilines is 1. The van der Waals surface area contributed by atoms with Gasteiger partial charge in [-0.15, -0.1) is 5.10 Å². The van der Waals surface area contributed by atoms with Crippen LogP contribution in [0, 0.1) is 0 Å². The van der Waals surface area contributed by atoms with E-state index in [4.69, 9.17) is 5.11 Å². The quantitative estimate of drug-likeness (QED) is 0.890. The van der Waals surface area contributed by atoms with Crippen molar-refractivity contribution in [3.8, 4) is 0 Å². The SMILES string of the molecule is O=C(O)c1ccnnc1N1CCN(CC(F)(F)F)CC1. The Morgan fingerprint density at radius 2 is 1.95 bits per heavy atom. The van der Waals surface area contributed by atoms with Crippen LogP contribution in [0.5, 0.6) is 0 Å². The molecule has 2 rings (SSSR count). The van der Waals surface area contributed by atoms with Gasteiger partial charge in [0.05, 0.1) is 12.7 Å². The molecule has 110 valence electrons. The lowest BCUT2D eigenvalue weighted by Gasteiger charge is -2.35. The Balaban J connectivity index is 2.03. The van der Waals surface area contributed by atoms with Gasteiger partial charge in [0.1, 0.15) is 5.56 Å². The number of aromatic carboxylic acids is 1. The highest BCUT2D eigenvalue weighted by atomic mass is 19.4. The van der Waals surface area contributed by atoms with Crippen molar-refractivity contribution in [3.63, 3.8) is 0 Å². The van der Waals surface area contributed by atoms with E-state index in [2.05, 4.69) is 10.2 Å². The summed E-state index contributed by atoms with van der Waals surface area (Å²) in [5.74, 6) is -0.931. The maximum Gasteiger partial charge on any atom is 0.401 e. The summed E-state index contributed by atoms with van der Waals surface area (Å²) in [5.41, 5.74) is 0.00395. The van der Waals surface area contributed by atoms with E-state index in [9.17, 15) is 18.0 Å². The number of nitrogens with zero attached hydrogens (tertiary/aromatic N) is 4. The number of alkyl halides is 3. The van der Waals surface area contributed by atoms with Gasteiger partial charge in [-0.3, -0.25) is 4.90 Å². The Bertz CT molecular complexity index is 487. The molecule has 0 aliphatic carbocycles. The first-order valence-corrected chi connectivity index (χ1v) is 5.96. The summed E-state index contributed by atoms with van der Waals surface area (Å²) < 4.78 is 36.8. The Morgan fingerprint density at radius 1 is 1.30 bits per heavy atom. The van der Waals surface area contributed by atoms with Gasteiger partial charge in [0, 0.05) is 26.2 Å². The summed E-state index contributed by atoms with van der Waals surface area (Å²) in [6.07, 6.45) is -2.95. The van der Waals surface area contributed by atoms with Crippen molar-refractivity contribution >= 4 is 11.8 Å². The number of aromatic nitrogens is 2. The molecule has 1 N–H and O–H groups in total. The van der Waals surface area contributed by atoms with Gasteiger partial charge in [-0.1, -0.05) is 0 Å². The van der Waals surface area contributed by atoms with E-state index in [1.54, 1.807) is 4.90 Å². The van der Waals surface area contributed by atoms with Crippen molar-refractivity contribution in [2.24, 2.45) is 0 Å². The van der Waals surface area contributed by atoms with E-state index in [1.807, 2.05) is 0 Å². The first-order chi connectivity index (χ1) is 9.37. The summed E-state index contributed by atoms with van der Waals surface area (Å²) >= 11 is 0. The average Bonchev–Trinajstić information content (AvgIpc) is 2.38. The van der Waals surface area contributed by atoms with Gasteiger partial charge in [-0.05, 0) is 6.07 Å². The second-order valence-corrected chi connectivity index (χ2v) is 4.45. The standard InChI is InChI=1S/C11H13F3N4O2/c12-11(13,14)7-17-3-5-18(6-4-17)9-8(10(19)20)1-2-15-16-9/h1-2H,3-7H2,(H,19,20). The molecule has 0 aromatic carbocycles. The molecule has 0 atom stereocenters. The van der Waals surface area contributed by atoms with Crippen molar-refractivity contribution < 1.29 is 23.1 Å². The maximum absolute atomic E-state index is 12.3. The molecular formula is C11H13F3N4O2. The predicted octanol–water partition coefficient (Wildman–Crippen LogP) is 0.859. The van der Waals surface area contributed by atoms with E-state index in [0.717, 1.165) is 0 Å². The fourth-order valence-electron chi connectivity index (χ4n) is 2.10. The summed E-state index contributed by atoms with van der Waals surface area (Å²) in [6, 6.07) is 1.33. The van der Waals surface area contributed by atoms with Crippen LogP contribution < -0.4 is 4.90 Å². The van der Waals surface area contributed by atoms with Crippen LogP contribution in [-0.4, -0.2) is 65.1 Å². The van der Waals surface area contributed by atoms with Gasteiger partial charge in [-0.2, -0.15) is 18.3 Å². The average molecular weight is 290 g/mol. The molecule has 0 bridgehead atoms. The number of piperazine rings is 1. The van der Waals surface area contributed by atoms with Crippen LogP contribution >= 0.6 is 0 Å². The zero-order valence-corrected chi connectivity index (χ0v) is 10.5. The molecule has 0 amide bonds. The minimum atomic E-state index is -4.22. The molecule has 0 radical (unpaired) electrons. The van der Waals surface area contributed by atoms with E-state index in [1.165, 1.54) is 17.2 Å². The molecule has 1 aliphatic heterocycles. The molecule has 1 aromatic rings. The van der Waals surface area contributed by atoms with Crippen molar-refractivity contribution in [2.75, 3.05) is 37.6 Å². The molecule has 1 fully saturated rings. The number of carboxylic acid groups (broad SMARTS) is 1. The molecule has 2 heterocycles. The topological polar surface area (TPSA) is 69.6 Å². The number of carbonyl (C=O) groups is 1. The molecule has 0 unspecified atom stereocenters. The first-order valence-electron chi connectivity index (χ1n) is 5.96. The summed E-state index contributed by atoms with van der Waals surface area (Å²) in [4.78, 5) is 14.0. The Morgan fingerprint density at radius 3 is 2.50 bits per heavy atom. The minimum Gasteiger partial charge on any atom is -0.478 e. The van der Waals surface area contributed by atoms with Gasteiger partial charge in [0.25, 0.3) is 0 Å². The molecule has 6 nitrogen and oxygen atoms in total. The molecule has 1 aliphatic rings. The minimum absolute atomic E-state index is 0.00395.